The van der Waals surface area contributed by atoms with E-state index in [1.165, 1.54) is 31.4 Å². The summed E-state index contributed by atoms with van der Waals surface area (Å²) >= 11 is 0. The zero-order valence-corrected chi connectivity index (χ0v) is 19.7. The molecule has 0 bridgehead atoms. The number of halogens is 1. The molecule has 1 fully saturated rings. The number of hydrogen-bond acceptors (Lipinski definition) is 5. The van der Waals surface area contributed by atoms with E-state index in [1.54, 1.807) is 24.4 Å². The van der Waals surface area contributed by atoms with Crippen molar-refractivity contribution >= 4 is 17.6 Å². The number of furan rings is 1. The summed E-state index contributed by atoms with van der Waals surface area (Å²) in [6.07, 6.45) is 7.28. The van der Waals surface area contributed by atoms with Crippen LogP contribution in [0.15, 0.2) is 53.1 Å². The Morgan fingerprint density at radius 2 is 1.89 bits per heavy atom. The maximum Gasteiger partial charge on any atom is 0.305 e. The SMILES string of the molecule is Cc1oc(-c2ccc(F)cc2)cc1C(Nc1ccc(C(=O)NCCC(=O)O)nc1)C1CCCCC1. The van der Waals surface area contributed by atoms with Gasteiger partial charge < -0.3 is 20.2 Å². The fourth-order valence-electron chi connectivity index (χ4n) is 4.65. The van der Waals surface area contributed by atoms with Gasteiger partial charge in [-0.3, -0.25) is 9.59 Å². The molecule has 1 unspecified atom stereocenters. The first kappa shape index (κ1) is 24.4. The van der Waals surface area contributed by atoms with E-state index in [9.17, 15) is 14.0 Å². The zero-order chi connectivity index (χ0) is 24.8. The summed E-state index contributed by atoms with van der Waals surface area (Å²) in [6, 6.07) is 11.8. The lowest BCUT2D eigenvalue weighted by molar-refractivity contribution is -0.136. The van der Waals surface area contributed by atoms with Gasteiger partial charge in [0.15, 0.2) is 0 Å². The van der Waals surface area contributed by atoms with E-state index in [-0.39, 0.29) is 30.5 Å². The molecular formula is C27H30FN3O4. The number of aliphatic carboxylic acids is 1. The van der Waals surface area contributed by atoms with Crippen LogP contribution in [0, 0.1) is 18.7 Å². The van der Waals surface area contributed by atoms with Gasteiger partial charge in [-0.2, -0.15) is 0 Å². The van der Waals surface area contributed by atoms with E-state index in [1.807, 2.05) is 19.1 Å². The van der Waals surface area contributed by atoms with Gasteiger partial charge in [-0.05, 0) is 68.1 Å². The van der Waals surface area contributed by atoms with Gasteiger partial charge in [0.25, 0.3) is 5.91 Å². The molecule has 0 aliphatic heterocycles. The molecule has 0 spiro atoms. The van der Waals surface area contributed by atoms with Crippen molar-refractivity contribution in [1.29, 1.82) is 0 Å². The van der Waals surface area contributed by atoms with Gasteiger partial charge in [-0.1, -0.05) is 19.3 Å². The Balaban J connectivity index is 1.54. The number of aromatic nitrogens is 1. The molecule has 1 aliphatic carbocycles. The summed E-state index contributed by atoms with van der Waals surface area (Å²) in [4.78, 5) is 27.1. The summed E-state index contributed by atoms with van der Waals surface area (Å²) < 4.78 is 19.5. The Hall–Kier alpha value is -3.68. The summed E-state index contributed by atoms with van der Waals surface area (Å²) in [7, 11) is 0. The Morgan fingerprint density at radius 1 is 1.14 bits per heavy atom. The minimum Gasteiger partial charge on any atom is -0.481 e. The first-order valence-corrected chi connectivity index (χ1v) is 12.0. The number of nitrogens with one attached hydrogen (secondary N) is 2. The number of carbonyl (C=O) groups is 2. The van der Waals surface area contributed by atoms with Crippen LogP contribution in [-0.4, -0.2) is 28.5 Å². The second kappa shape index (κ2) is 11.2. The molecule has 3 aromatic rings. The van der Waals surface area contributed by atoms with Crippen molar-refractivity contribution in [2.45, 2.75) is 51.5 Å². The number of carboxylic acids is 1. The predicted octanol–water partition coefficient (Wildman–Crippen LogP) is 5.73. The molecule has 1 saturated carbocycles. The van der Waals surface area contributed by atoms with Crippen LogP contribution in [0.2, 0.25) is 0 Å². The molecule has 7 nitrogen and oxygen atoms in total. The van der Waals surface area contributed by atoms with E-state index >= 15 is 0 Å². The van der Waals surface area contributed by atoms with E-state index in [0.29, 0.717) is 11.7 Å². The molecule has 1 aliphatic rings. The third-order valence-electron chi connectivity index (χ3n) is 6.48. The van der Waals surface area contributed by atoms with Crippen molar-refractivity contribution < 1.29 is 23.5 Å². The zero-order valence-electron chi connectivity index (χ0n) is 19.7. The number of amides is 1. The van der Waals surface area contributed by atoms with Crippen LogP contribution in [0.3, 0.4) is 0 Å². The average molecular weight is 480 g/mol. The number of aryl methyl sites for hydroxylation is 1. The largest absolute Gasteiger partial charge is 0.481 e. The van der Waals surface area contributed by atoms with Gasteiger partial charge in [-0.15, -0.1) is 0 Å². The molecule has 8 heteroatoms. The van der Waals surface area contributed by atoms with Crippen molar-refractivity contribution in [2.75, 3.05) is 11.9 Å². The average Bonchev–Trinajstić information content (AvgIpc) is 3.24. The molecule has 1 amide bonds. The highest BCUT2D eigenvalue weighted by Crippen LogP contribution is 2.40. The highest BCUT2D eigenvalue weighted by molar-refractivity contribution is 5.92. The Bertz CT molecular complexity index is 1150. The molecule has 2 heterocycles. The molecule has 1 aromatic carbocycles. The summed E-state index contributed by atoms with van der Waals surface area (Å²) in [5.41, 5.74) is 2.90. The van der Waals surface area contributed by atoms with Crippen LogP contribution in [-0.2, 0) is 4.79 Å². The summed E-state index contributed by atoms with van der Waals surface area (Å²) in [5.74, 6) is 0.270. The lowest BCUT2D eigenvalue weighted by atomic mass is 9.81. The predicted molar refractivity (Wildman–Crippen MR) is 131 cm³/mol. The van der Waals surface area contributed by atoms with Crippen LogP contribution >= 0.6 is 0 Å². The van der Waals surface area contributed by atoms with Gasteiger partial charge in [0.1, 0.15) is 23.0 Å². The monoisotopic (exact) mass is 479 g/mol. The van der Waals surface area contributed by atoms with Crippen molar-refractivity contribution in [3.8, 4) is 11.3 Å². The lowest BCUT2D eigenvalue weighted by Crippen LogP contribution is -2.27. The van der Waals surface area contributed by atoms with Gasteiger partial charge in [-0.25, -0.2) is 9.37 Å². The Morgan fingerprint density at radius 3 is 2.54 bits per heavy atom. The number of carbonyl (C=O) groups excluding carboxylic acids is 1. The molecule has 0 saturated heterocycles. The first-order chi connectivity index (χ1) is 16.9. The normalized spacial score (nSPS) is 14.9. The van der Waals surface area contributed by atoms with Crippen LogP contribution < -0.4 is 10.6 Å². The van der Waals surface area contributed by atoms with Crippen LogP contribution in [0.1, 0.15) is 66.4 Å². The second-order valence-electron chi connectivity index (χ2n) is 8.98. The van der Waals surface area contributed by atoms with Crippen LogP contribution in [0.4, 0.5) is 10.1 Å². The number of pyridine rings is 1. The number of benzene rings is 1. The fourth-order valence-corrected chi connectivity index (χ4v) is 4.65. The van der Waals surface area contributed by atoms with Crippen molar-refractivity contribution in [1.82, 2.24) is 10.3 Å². The van der Waals surface area contributed by atoms with E-state index in [0.717, 1.165) is 35.4 Å². The first-order valence-electron chi connectivity index (χ1n) is 12.0. The summed E-state index contributed by atoms with van der Waals surface area (Å²) in [6.45, 7) is 2.00. The van der Waals surface area contributed by atoms with Crippen molar-refractivity contribution in [3.05, 3.63) is 71.5 Å². The van der Waals surface area contributed by atoms with Gasteiger partial charge in [0.2, 0.25) is 0 Å². The minimum absolute atomic E-state index is 0.00490. The number of hydrogen-bond donors (Lipinski definition) is 3. The molecule has 3 N–H and O–H groups in total. The number of rotatable bonds is 9. The van der Waals surface area contributed by atoms with Gasteiger partial charge in [0.05, 0.1) is 24.3 Å². The summed E-state index contributed by atoms with van der Waals surface area (Å²) in [5, 5.41) is 14.9. The Labute approximate surface area is 203 Å². The quantitative estimate of drug-likeness (QED) is 0.362. The molecule has 0 radical (unpaired) electrons. The fraction of sp³-hybridized carbons (Fsp3) is 0.370. The molecule has 1 atom stereocenters. The van der Waals surface area contributed by atoms with Crippen LogP contribution in [0.25, 0.3) is 11.3 Å². The van der Waals surface area contributed by atoms with Crippen molar-refractivity contribution in [2.24, 2.45) is 5.92 Å². The van der Waals surface area contributed by atoms with Crippen molar-refractivity contribution in [3.63, 3.8) is 0 Å². The standard InChI is InChI=1S/C27H30FN3O4/c1-17-22(15-24(35-17)18-7-9-20(28)10-8-18)26(19-5-3-2-4-6-19)31-21-11-12-23(30-16-21)27(34)29-14-13-25(32)33/h7-12,15-16,19,26,31H,2-6,13-14H2,1H3,(H,29,34)(H,32,33). The second-order valence-corrected chi connectivity index (χ2v) is 8.98. The number of carboxylic acid groups (broad SMARTS) is 1. The Kier molecular flexibility index (Phi) is 7.80. The molecular weight excluding hydrogens is 449 g/mol. The molecule has 2 aromatic heterocycles. The highest BCUT2D eigenvalue weighted by atomic mass is 19.1. The third-order valence-corrected chi connectivity index (χ3v) is 6.48. The maximum atomic E-state index is 13.4. The third kappa shape index (κ3) is 6.26. The highest BCUT2D eigenvalue weighted by Gasteiger charge is 2.28. The van der Waals surface area contributed by atoms with E-state index in [2.05, 4.69) is 15.6 Å². The van der Waals surface area contributed by atoms with Crippen LogP contribution in [0.5, 0.6) is 0 Å². The molecule has 4 rings (SSSR count). The van der Waals surface area contributed by atoms with Gasteiger partial charge in [0, 0.05) is 17.7 Å². The van der Waals surface area contributed by atoms with Gasteiger partial charge >= 0.3 is 5.97 Å². The molecule has 35 heavy (non-hydrogen) atoms. The lowest BCUT2D eigenvalue weighted by Gasteiger charge is -2.31. The maximum absolute atomic E-state index is 13.4. The topological polar surface area (TPSA) is 104 Å². The minimum atomic E-state index is -0.969. The number of anilines is 1. The van der Waals surface area contributed by atoms with E-state index < -0.39 is 11.9 Å². The molecule has 184 valence electrons. The smallest absolute Gasteiger partial charge is 0.305 e. The van der Waals surface area contributed by atoms with E-state index in [4.69, 9.17) is 9.52 Å². The number of nitrogens with zero attached hydrogens (tertiary/aromatic N) is 1.